The van der Waals surface area contributed by atoms with Crippen LogP contribution in [0.15, 0.2) is 45.8 Å². The number of imide groups is 1. The topological polar surface area (TPSA) is 99.0 Å². The summed E-state index contributed by atoms with van der Waals surface area (Å²) in [6.07, 6.45) is 1.60. The molecule has 1 heterocycles. The third kappa shape index (κ3) is 4.60. The van der Waals surface area contributed by atoms with Gasteiger partial charge in [0.25, 0.3) is 16.8 Å². The molecule has 8 nitrogen and oxygen atoms in total. The van der Waals surface area contributed by atoms with E-state index in [9.17, 15) is 19.7 Å². The first kappa shape index (κ1) is 20.9. The molecule has 1 aliphatic heterocycles. The standard InChI is InChI=1S/C19H15BrN2O6S/c1-21-18(23)17(29-19(21)24)8-12-7-15(27-2)16(9-14(12)20)28-10-11-4-3-5-13(6-11)22(25)26/h3-9H,10H2,1-2H3/b17-8-. The smallest absolute Gasteiger partial charge is 0.293 e. The van der Waals surface area contributed by atoms with Gasteiger partial charge in [-0.3, -0.25) is 24.6 Å². The van der Waals surface area contributed by atoms with E-state index in [2.05, 4.69) is 15.9 Å². The third-order valence-corrected chi connectivity index (χ3v) is 5.72. The lowest BCUT2D eigenvalue weighted by molar-refractivity contribution is -0.384. The highest BCUT2D eigenvalue weighted by Crippen LogP contribution is 2.38. The second-order valence-electron chi connectivity index (χ2n) is 5.98. The predicted molar refractivity (Wildman–Crippen MR) is 112 cm³/mol. The summed E-state index contributed by atoms with van der Waals surface area (Å²) in [5, 5.41) is 10.6. The average molecular weight is 479 g/mol. The predicted octanol–water partition coefficient (Wildman–Crippen LogP) is 4.61. The number of hydrogen-bond donors (Lipinski definition) is 0. The second kappa shape index (κ2) is 8.66. The number of hydrogen-bond acceptors (Lipinski definition) is 7. The maximum absolute atomic E-state index is 12.1. The number of carbonyl (C=O) groups excluding carboxylic acids is 2. The molecule has 0 aliphatic carbocycles. The van der Waals surface area contributed by atoms with Gasteiger partial charge in [0.05, 0.1) is 16.9 Å². The Labute approximate surface area is 178 Å². The van der Waals surface area contributed by atoms with Gasteiger partial charge in [-0.2, -0.15) is 0 Å². The third-order valence-electron chi connectivity index (χ3n) is 4.07. The first-order chi connectivity index (χ1) is 13.8. The molecule has 1 saturated heterocycles. The Morgan fingerprint density at radius 1 is 1.24 bits per heavy atom. The number of ether oxygens (including phenoxy) is 2. The van der Waals surface area contributed by atoms with Crippen LogP contribution in [0.25, 0.3) is 6.08 Å². The largest absolute Gasteiger partial charge is 0.493 e. The SMILES string of the molecule is COc1cc(/C=C2\SC(=O)N(C)C2=O)c(Br)cc1OCc1cccc([N+](=O)[O-])c1. The molecular weight excluding hydrogens is 464 g/mol. The van der Waals surface area contributed by atoms with Crippen molar-refractivity contribution in [3.8, 4) is 11.5 Å². The number of likely N-dealkylation sites (N-methyl/N-ethyl adjacent to an activating group) is 1. The van der Waals surface area contributed by atoms with Crippen LogP contribution in [0.4, 0.5) is 10.5 Å². The zero-order valence-corrected chi connectivity index (χ0v) is 17.8. The van der Waals surface area contributed by atoms with Crippen LogP contribution in [-0.2, 0) is 11.4 Å². The number of nitro benzene ring substituents is 1. The molecule has 150 valence electrons. The van der Waals surface area contributed by atoms with Crippen molar-refractivity contribution in [1.82, 2.24) is 4.90 Å². The van der Waals surface area contributed by atoms with Crippen LogP contribution < -0.4 is 9.47 Å². The Morgan fingerprint density at radius 2 is 2.00 bits per heavy atom. The zero-order valence-electron chi connectivity index (χ0n) is 15.4. The lowest BCUT2D eigenvalue weighted by Crippen LogP contribution is -2.22. The highest BCUT2D eigenvalue weighted by molar-refractivity contribution is 9.10. The molecule has 10 heteroatoms. The van der Waals surface area contributed by atoms with Crippen LogP contribution in [0.3, 0.4) is 0 Å². The van der Waals surface area contributed by atoms with Gasteiger partial charge in [0.1, 0.15) is 6.61 Å². The van der Waals surface area contributed by atoms with E-state index in [-0.39, 0.29) is 23.4 Å². The molecule has 0 saturated carbocycles. The number of benzene rings is 2. The van der Waals surface area contributed by atoms with E-state index >= 15 is 0 Å². The van der Waals surface area contributed by atoms with Crippen LogP contribution in [0.2, 0.25) is 0 Å². The van der Waals surface area contributed by atoms with Gasteiger partial charge in [0, 0.05) is 23.7 Å². The summed E-state index contributed by atoms with van der Waals surface area (Å²) in [6, 6.07) is 9.52. The van der Waals surface area contributed by atoms with Crippen molar-refractivity contribution in [2.24, 2.45) is 0 Å². The molecule has 2 aromatic carbocycles. The van der Waals surface area contributed by atoms with Crippen molar-refractivity contribution < 1.29 is 24.0 Å². The molecule has 0 spiro atoms. The Balaban J connectivity index is 1.84. The van der Waals surface area contributed by atoms with Gasteiger partial charge in [-0.1, -0.05) is 28.1 Å². The van der Waals surface area contributed by atoms with Crippen LogP contribution in [0.1, 0.15) is 11.1 Å². The Bertz CT molecular complexity index is 1040. The number of rotatable bonds is 6. The lowest BCUT2D eigenvalue weighted by atomic mass is 10.1. The minimum absolute atomic E-state index is 0.0144. The van der Waals surface area contributed by atoms with E-state index < -0.39 is 4.92 Å². The van der Waals surface area contributed by atoms with Crippen molar-refractivity contribution in [1.29, 1.82) is 0 Å². The summed E-state index contributed by atoms with van der Waals surface area (Å²) in [7, 11) is 2.91. The fourth-order valence-electron chi connectivity index (χ4n) is 2.54. The summed E-state index contributed by atoms with van der Waals surface area (Å²) in [6.45, 7) is 0.110. The van der Waals surface area contributed by atoms with Gasteiger partial charge < -0.3 is 9.47 Å². The van der Waals surface area contributed by atoms with E-state index in [1.54, 1.807) is 30.3 Å². The van der Waals surface area contributed by atoms with E-state index in [0.29, 0.717) is 32.0 Å². The molecule has 0 atom stereocenters. The minimum Gasteiger partial charge on any atom is -0.493 e. The van der Waals surface area contributed by atoms with Crippen molar-refractivity contribution in [3.63, 3.8) is 0 Å². The number of nitrogens with zero attached hydrogens (tertiary/aromatic N) is 2. The number of non-ortho nitro benzene ring substituents is 1. The Kier molecular flexibility index (Phi) is 6.23. The Hall–Kier alpha value is -2.85. The highest BCUT2D eigenvalue weighted by Gasteiger charge is 2.32. The molecule has 0 aromatic heterocycles. The maximum atomic E-state index is 12.1. The van der Waals surface area contributed by atoms with Crippen LogP contribution in [-0.4, -0.2) is 35.1 Å². The maximum Gasteiger partial charge on any atom is 0.293 e. The molecule has 0 unspecified atom stereocenters. The quantitative estimate of drug-likeness (QED) is 0.339. The molecule has 0 radical (unpaired) electrons. The van der Waals surface area contributed by atoms with Gasteiger partial charge in [-0.15, -0.1) is 0 Å². The molecule has 2 aromatic rings. The molecule has 3 rings (SSSR count). The van der Waals surface area contributed by atoms with Crippen LogP contribution in [0, 0.1) is 10.1 Å². The van der Waals surface area contributed by atoms with Gasteiger partial charge in [-0.25, -0.2) is 0 Å². The number of halogens is 1. The van der Waals surface area contributed by atoms with Gasteiger partial charge >= 0.3 is 0 Å². The summed E-state index contributed by atoms with van der Waals surface area (Å²) >= 11 is 4.30. The van der Waals surface area contributed by atoms with Gasteiger partial charge in [0.2, 0.25) is 0 Å². The van der Waals surface area contributed by atoms with Crippen molar-refractivity contribution in [2.75, 3.05) is 14.2 Å². The first-order valence-corrected chi connectivity index (χ1v) is 9.86. The summed E-state index contributed by atoms with van der Waals surface area (Å²) in [5.41, 5.74) is 1.26. The summed E-state index contributed by atoms with van der Waals surface area (Å²) in [5.74, 6) is 0.476. The van der Waals surface area contributed by atoms with E-state index in [0.717, 1.165) is 16.7 Å². The van der Waals surface area contributed by atoms with E-state index in [1.807, 2.05) is 0 Å². The molecule has 29 heavy (non-hydrogen) atoms. The summed E-state index contributed by atoms with van der Waals surface area (Å²) < 4.78 is 11.8. The van der Waals surface area contributed by atoms with Crippen molar-refractivity contribution in [2.45, 2.75) is 6.61 Å². The molecular formula is C19H15BrN2O6S. The number of carbonyl (C=O) groups is 2. The molecule has 1 fully saturated rings. The van der Waals surface area contributed by atoms with Crippen molar-refractivity contribution in [3.05, 3.63) is 67.0 Å². The molecule has 0 N–H and O–H groups in total. The average Bonchev–Trinajstić information content (AvgIpc) is 2.94. The van der Waals surface area contributed by atoms with Crippen LogP contribution >= 0.6 is 27.7 Å². The monoisotopic (exact) mass is 478 g/mol. The van der Waals surface area contributed by atoms with Crippen molar-refractivity contribution >= 4 is 50.6 Å². The fraction of sp³-hybridized carbons (Fsp3) is 0.158. The number of methoxy groups -OCH3 is 1. The zero-order chi connectivity index (χ0) is 21.1. The lowest BCUT2D eigenvalue weighted by Gasteiger charge is -2.13. The second-order valence-corrected chi connectivity index (χ2v) is 7.83. The van der Waals surface area contributed by atoms with Gasteiger partial charge in [0.15, 0.2) is 11.5 Å². The molecule has 1 aliphatic rings. The molecule has 0 bridgehead atoms. The minimum atomic E-state index is -0.465. The normalized spacial score (nSPS) is 15.1. The fourth-order valence-corrected chi connectivity index (χ4v) is 3.80. The number of thioether (sulfide) groups is 1. The van der Waals surface area contributed by atoms with Crippen LogP contribution in [0.5, 0.6) is 11.5 Å². The highest BCUT2D eigenvalue weighted by atomic mass is 79.9. The van der Waals surface area contributed by atoms with E-state index in [1.165, 1.54) is 26.3 Å². The molecule has 2 amide bonds. The van der Waals surface area contributed by atoms with E-state index in [4.69, 9.17) is 9.47 Å². The Morgan fingerprint density at radius 3 is 2.62 bits per heavy atom. The summed E-state index contributed by atoms with van der Waals surface area (Å²) in [4.78, 5) is 35.5. The number of nitro groups is 1. The number of amides is 2. The first-order valence-electron chi connectivity index (χ1n) is 8.25. The van der Waals surface area contributed by atoms with Gasteiger partial charge in [-0.05, 0) is 41.1 Å².